The van der Waals surface area contributed by atoms with Gasteiger partial charge in [-0.25, -0.2) is 0 Å². The fourth-order valence-electron chi connectivity index (χ4n) is 2.07. The van der Waals surface area contributed by atoms with E-state index in [9.17, 15) is 4.79 Å². The summed E-state index contributed by atoms with van der Waals surface area (Å²) in [6.45, 7) is 10.4. The molecule has 7 heteroatoms. The van der Waals surface area contributed by atoms with Crippen LogP contribution in [0.3, 0.4) is 0 Å². The number of hydrogen-bond acceptors (Lipinski definition) is 6. The van der Waals surface area contributed by atoms with Crippen LogP contribution in [0, 0.1) is 6.92 Å². The average Bonchev–Trinajstić information content (AvgIpc) is 2.59. The molecule has 1 amide bonds. The number of amides is 1. The first kappa shape index (κ1) is 18.0. The fraction of sp³-hybridized carbons (Fsp3) is 0.167. The molecule has 0 saturated carbocycles. The molecule has 7 nitrogen and oxygen atoms in total. The minimum absolute atomic E-state index is 0.394. The van der Waals surface area contributed by atoms with E-state index in [1.54, 1.807) is 30.4 Å². The van der Waals surface area contributed by atoms with Crippen LogP contribution in [0.1, 0.15) is 15.9 Å². The molecule has 0 aliphatic carbocycles. The SMILES string of the molecule is C=CCNc1cc(NCC=C)nc(Nc2cc(C(N)=O)ccc2C)n1. The average molecular weight is 338 g/mol. The quantitative estimate of drug-likeness (QED) is 0.524. The van der Waals surface area contributed by atoms with Gasteiger partial charge in [-0.05, 0) is 24.6 Å². The number of carbonyl (C=O) groups excluding carboxylic acids is 1. The Morgan fingerprint density at radius 2 is 1.72 bits per heavy atom. The molecule has 5 N–H and O–H groups in total. The fourth-order valence-corrected chi connectivity index (χ4v) is 2.07. The summed E-state index contributed by atoms with van der Waals surface area (Å²) in [6, 6.07) is 6.98. The second-order valence-electron chi connectivity index (χ2n) is 5.32. The molecule has 0 spiro atoms. The standard InChI is InChI=1S/C18H22N6O/c1-4-8-20-15-11-16(21-9-5-2)24-18(23-15)22-14-10-13(17(19)25)7-6-12(14)3/h4-7,10-11H,1-2,8-9H2,3H3,(H2,19,25)(H3,20,21,22,23,24). The van der Waals surface area contributed by atoms with E-state index in [2.05, 4.69) is 39.1 Å². The van der Waals surface area contributed by atoms with Gasteiger partial charge in [-0.2, -0.15) is 9.97 Å². The molecule has 2 aromatic rings. The Balaban J connectivity index is 2.33. The van der Waals surface area contributed by atoms with E-state index in [4.69, 9.17) is 5.73 Å². The summed E-state index contributed by atoms with van der Waals surface area (Å²) in [5.74, 6) is 1.20. The van der Waals surface area contributed by atoms with E-state index in [0.717, 1.165) is 5.56 Å². The predicted molar refractivity (Wildman–Crippen MR) is 102 cm³/mol. The molecule has 1 aromatic heterocycles. The molecule has 2 rings (SSSR count). The van der Waals surface area contributed by atoms with Crippen molar-refractivity contribution in [3.8, 4) is 0 Å². The zero-order valence-electron chi connectivity index (χ0n) is 14.2. The maximum absolute atomic E-state index is 11.4. The van der Waals surface area contributed by atoms with Crippen molar-refractivity contribution in [1.82, 2.24) is 9.97 Å². The molecular formula is C18H22N6O. The number of rotatable bonds is 9. The summed E-state index contributed by atoms with van der Waals surface area (Å²) in [5.41, 5.74) is 7.42. The number of nitrogens with one attached hydrogen (secondary N) is 3. The summed E-state index contributed by atoms with van der Waals surface area (Å²) in [5, 5.41) is 9.40. The lowest BCUT2D eigenvalue weighted by atomic mass is 10.1. The number of benzene rings is 1. The van der Waals surface area contributed by atoms with Crippen LogP contribution in [0.5, 0.6) is 0 Å². The third-order valence-electron chi connectivity index (χ3n) is 3.35. The van der Waals surface area contributed by atoms with Gasteiger partial charge in [-0.15, -0.1) is 13.2 Å². The van der Waals surface area contributed by atoms with E-state index in [1.165, 1.54) is 0 Å². The van der Waals surface area contributed by atoms with Crippen LogP contribution in [0.25, 0.3) is 0 Å². The molecule has 0 saturated heterocycles. The monoisotopic (exact) mass is 338 g/mol. The van der Waals surface area contributed by atoms with Crippen molar-refractivity contribution >= 4 is 29.2 Å². The second kappa shape index (κ2) is 8.49. The molecule has 0 aliphatic rings. The molecule has 0 fully saturated rings. The number of nitrogens with two attached hydrogens (primary N) is 1. The van der Waals surface area contributed by atoms with Crippen LogP contribution < -0.4 is 21.7 Å². The van der Waals surface area contributed by atoms with Crippen LogP contribution in [0.2, 0.25) is 0 Å². The molecule has 0 atom stereocenters. The van der Waals surface area contributed by atoms with Gasteiger partial charge in [-0.1, -0.05) is 18.2 Å². The van der Waals surface area contributed by atoms with Gasteiger partial charge in [0, 0.05) is 30.4 Å². The minimum Gasteiger partial charge on any atom is -0.366 e. The Bertz CT molecular complexity index is 757. The van der Waals surface area contributed by atoms with Gasteiger partial charge < -0.3 is 21.7 Å². The number of primary amides is 1. The highest BCUT2D eigenvalue weighted by atomic mass is 16.1. The molecule has 1 aromatic carbocycles. The van der Waals surface area contributed by atoms with Crippen LogP contribution in [0.4, 0.5) is 23.3 Å². The van der Waals surface area contributed by atoms with E-state index in [1.807, 2.05) is 13.0 Å². The third-order valence-corrected chi connectivity index (χ3v) is 3.35. The molecule has 0 aliphatic heterocycles. The maximum Gasteiger partial charge on any atom is 0.248 e. The molecule has 0 radical (unpaired) electrons. The van der Waals surface area contributed by atoms with Crippen molar-refractivity contribution in [3.05, 3.63) is 60.7 Å². The molecule has 1 heterocycles. The van der Waals surface area contributed by atoms with Crippen molar-refractivity contribution in [2.45, 2.75) is 6.92 Å². The lowest BCUT2D eigenvalue weighted by molar-refractivity contribution is 0.100. The van der Waals surface area contributed by atoms with Crippen LogP contribution in [0.15, 0.2) is 49.6 Å². The Labute approximate surface area is 147 Å². The minimum atomic E-state index is -0.487. The molecule has 130 valence electrons. The zero-order chi connectivity index (χ0) is 18.2. The van der Waals surface area contributed by atoms with Gasteiger partial charge >= 0.3 is 0 Å². The highest BCUT2D eigenvalue weighted by Gasteiger charge is 2.08. The zero-order valence-corrected chi connectivity index (χ0v) is 14.2. The van der Waals surface area contributed by atoms with Crippen molar-refractivity contribution in [1.29, 1.82) is 0 Å². The third kappa shape index (κ3) is 5.07. The van der Waals surface area contributed by atoms with Crippen LogP contribution >= 0.6 is 0 Å². The molecule has 25 heavy (non-hydrogen) atoms. The number of nitrogens with zero attached hydrogens (tertiary/aromatic N) is 2. The first-order chi connectivity index (χ1) is 12.0. The Kier molecular flexibility index (Phi) is 6.11. The number of aryl methyl sites for hydroxylation is 1. The summed E-state index contributed by atoms with van der Waals surface area (Å²) >= 11 is 0. The van der Waals surface area contributed by atoms with Crippen molar-refractivity contribution in [2.75, 3.05) is 29.0 Å². The van der Waals surface area contributed by atoms with E-state index in [-0.39, 0.29) is 0 Å². The Hall–Kier alpha value is -3.35. The summed E-state index contributed by atoms with van der Waals surface area (Å²) in [6.07, 6.45) is 3.49. The number of anilines is 4. The van der Waals surface area contributed by atoms with E-state index in [0.29, 0.717) is 41.9 Å². The van der Waals surface area contributed by atoms with Gasteiger partial charge in [0.25, 0.3) is 0 Å². The lowest BCUT2D eigenvalue weighted by Crippen LogP contribution is -2.12. The van der Waals surface area contributed by atoms with Gasteiger partial charge in [-0.3, -0.25) is 4.79 Å². The maximum atomic E-state index is 11.4. The second-order valence-corrected chi connectivity index (χ2v) is 5.32. The lowest BCUT2D eigenvalue weighted by Gasteiger charge is -2.13. The molecular weight excluding hydrogens is 316 g/mol. The smallest absolute Gasteiger partial charge is 0.248 e. The highest BCUT2D eigenvalue weighted by Crippen LogP contribution is 2.22. The topological polar surface area (TPSA) is 105 Å². The largest absolute Gasteiger partial charge is 0.366 e. The Morgan fingerprint density at radius 1 is 1.12 bits per heavy atom. The highest BCUT2D eigenvalue weighted by molar-refractivity contribution is 5.94. The van der Waals surface area contributed by atoms with E-state index < -0.39 is 5.91 Å². The number of hydrogen-bond donors (Lipinski definition) is 4. The Morgan fingerprint density at radius 3 is 2.24 bits per heavy atom. The van der Waals surface area contributed by atoms with E-state index >= 15 is 0 Å². The molecule has 0 unspecified atom stereocenters. The summed E-state index contributed by atoms with van der Waals surface area (Å²) < 4.78 is 0. The van der Waals surface area contributed by atoms with Crippen LogP contribution in [-0.4, -0.2) is 29.0 Å². The van der Waals surface area contributed by atoms with Crippen molar-refractivity contribution in [3.63, 3.8) is 0 Å². The predicted octanol–water partition coefficient (Wildman–Crippen LogP) is 2.82. The molecule has 0 bridgehead atoms. The van der Waals surface area contributed by atoms with Gasteiger partial charge in [0.2, 0.25) is 11.9 Å². The van der Waals surface area contributed by atoms with Gasteiger partial charge in [0.1, 0.15) is 11.6 Å². The first-order valence-corrected chi connectivity index (χ1v) is 7.79. The normalized spacial score (nSPS) is 9.96. The van der Waals surface area contributed by atoms with Gasteiger partial charge in [0.15, 0.2) is 0 Å². The first-order valence-electron chi connectivity index (χ1n) is 7.79. The van der Waals surface area contributed by atoms with Gasteiger partial charge in [0.05, 0.1) is 0 Å². The van der Waals surface area contributed by atoms with Crippen molar-refractivity contribution in [2.24, 2.45) is 5.73 Å². The summed E-state index contributed by atoms with van der Waals surface area (Å²) in [7, 11) is 0. The van der Waals surface area contributed by atoms with Crippen LogP contribution in [-0.2, 0) is 0 Å². The van der Waals surface area contributed by atoms with Crippen molar-refractivity contribution < 1.29 is 4.79 Å². The number of aromatic nitrogens is 2. The summed E-state index contributed by atoms with van der Waals surface area (Å²) in [4.78, 5) is 20.2. The number of carbonyl (C=O) groups is 1.